The van der Waals surface area contributed by atoms with E-state index in [1.165, 1.54) is 52.3 Å². The Hall–Kier alpha value is -2.81. The molecule has 3 aromatic rings. The van der Waals surface area contributed by atoms with E-state index in [1.807, 2.05) is 6.07 Å². The first-order valence-corrected chi connectivity index (χ1v) is 11.4. The third-order valence-corrected chi connectivity index (χ3v) is 8.60. The Bertz CT molecular complexity index is 1220. The lowest BCUT2D eigenvalue weighted by atomic mass is 9.67. The summed E-state index contributed by atoms with van der Waals surface area (Å²) in [5.74, 6) is 1.64. The molecule has 0 saturated heterocycles. The monoisotopic (exact) mass is 395 g/mol. The van der Waals surface area contributed by atoms with Crippen LogP contribution in [0, 0.1) is 17.8 Å². The number of carbonyl (C=O) groups is 1. The van der Waals surface area contributed by atoms with Crippen LogP contribution in [0.15, 0.2) is 48.5 Å². The third kappa shape index (κ3) is 2.08. The molecule has 30 heavy (non-hydrogen) atoms. The van der Waals surface area contributed by atoms with Gasteiger partial charge in [0, 0.05) is 0 Å². The van der Waals surface area contributed by atoms with Crippen molar-refractivity contribution >= 4 is 22.4 Å². The predicted molar refractivity (Wildman–Crippen MR) is 118 cm³/mol. The molecule has 3 aromatic carbocycles. The highest BCUT2D eigenvalue weighted by atomic mass is 16.4. The van der Waals surface area contributed by atoms with E-state index in [0.717, 1.165) is 24.4 Å². The summed E-state index contributed by atoms with van der Waals surface area (Å²) in [5, 5.41) is 16.5. The molecule has 2 bridgehead atoms. The summed E-state index contributed by atoms with van der Waals surface area (Å²) >= 11 is 0. The van der Waals surface area contributed by atoms with E-state index in [1.54, 1.807) is 6.07 Å². The number of anilines is 1. The maximum atomic E-state index is 12.0. The summed E-state index contributed by atoms with van der Waals surface area (Å²) in [7, 11) is 0. The van der Waals surface area contributed by atoms with Gasteiger partial charge in [-0.3, -0.25) is 0 Å². The molecule has 3 heteroatoms. The van der Waals surface area contributed by atoms with Gasteiger partial charge in [-0.05, 0) is 94.9 Å². The third-order valence-electron chi connectivity index (χ3n) is 8.60. The number of hydrogen-bond acceptors (Lipinski definition) is 2. The Labute approximate surface area is 176 Å². The van der Waals surface area contributed by atoms with Crippen LogP contribution >= 0.6 is 0 Å². The minimum atomic E-state index is -0.833. The second-order valence-electron chi connectivity index (χ2n) is 9.79. The molecule has 0 radical (unpaired) electrons. The van der Waals surface area contributed by atoms with Crippen LogP contribution in [-0.4, -0.2) is 11.1 Å². The Balaban J connectivity index is 1.47. The predicted octanol–water partition coefficient (Wildman–Crippen LogP) is 5.93. The fraction of sp³-hybridized carbons (Fsp3) is 0.370. The van der Waals surface area contributed by atoms with Gasteiger partial charge < -0.3 is 10.4 Å². The molecule has 2 N–H and O–H groups in total. The SMILES string of the molecule is O=C(O)c1cccc2c1N[C@H](c1ccc3c4c(cccc14)CC3)[C@H]1[C@H]3CC[C@@H](C3)[C@H]21. The summed E-state index contributed by atoms with van der Waals surface area (Å²) in [6.07, 6.45) is 6.18. The lowest BCUT2D eigenvalue weighted by molar-refractivity contribution is 0.0697. The highest BCUT2D eigenvalue weighted by Crippen LogP contribution is 2.64. The fourth-order valence-corrected chi connectivity index (χ4v) is 7.54. The Kier molecular flexibility index (Phi) is 3.31. The molecule has 2 saturated carbocycles. The summed E-state index contributed by atoms with van der Waals surface area (Å²) in [5.41, 5.74) is 6.84. The molecular formula is C27H25NO2. The van der Waals surface area contributed by atoms with Crippen molar-refractivity contribution < 1.29 is 9.90 Å². The van der Waals surface area contributed by atoms with Gasteiger partial charge in [0.25, 0.3) is 0 Å². The van der Waals surface area contributed by atoms with E-state index >= 15 is 0 Å². The van der Waals surface area contributed by atoms with E-state index in [0.29, 0.717) is 23.3 Å². The van der Waals surface area contributed by atoms with Gasteiger partial charge in [-0.25, -0.2) is 4.79 Å². The van der Waals surface area contributed by atoms with Crippen LogP contribution in [-0.2, 0) is 12.8 Å². The zero-order chi connectivity index (χ0) is 20.0. The molecule has 0 aromatic heterocycles. The maximum Gasteiger partial charge on any atom is 0.337 e. The Morgan fingerprint density at radius 1 is 0.900 bits per heavy atom. The van der Waals surface area contributed by atoms with Crippen LogP contribution in [0.5, 0.6) is 0 Å². The number of rotatable bonds is 2. The van der Waals surface area contributed by atoms with Crippen LogP contribution < -0.4 is 5.32 Å². The number of fused-ring (bicyclic) bond motifs is 7. The van der Waals surface area contributed by atoms with Crippen LogP contribution in [0.1, 0.15) is 63.8 Å². The summed E-state index contributed by atoms with van der Waals surface area (Å²) in [4.78, 5) is 12.0. The molecule has 1 heterocycles. The first-order valence-electron chi connectivity index (χ1n) is 11.4. The van der Waals surface area contributed by atoms with Crippen molar-refractivity contribution in [2.24, 2.45) is 17.8 Å². The standard InChI is InChI=1S/C27H25NO2/c29-27(30)21-6-2-5-20-23-16-9-10-17(13-16)24(23)26(28-25(20)21)19-12-11-15-8-7-14-3-1-4-18(19)22(14)15/h1-6,11-12,16-17,23-24,26,28H,7-10,13H2,(H,29,30)/t16-,17-,23+,24-,26+/m0/s1. The minimum absolute atomic E-state index is 0.184. The summed E-state index contributed by atoms with van der Waals surface area (Å²) < 4.78 is 0. The van der Waals surface area contributed by atoms with Gasteiger partial charge in [0.2, 0.25) is 0 Å². The normalized spacial score (nSPS) is 30.2. The van der Waals surface area contributed by atoms with Crippen molar-refractivity contribution in [3.8, 4) is 0 Å². The lowest BCUT2D eigenvalue weighted by Crippen LogP contribution is -2.36. The Morgan fingerprint density at radius 2 is 1.70 bits per heavy atom. The number of hydrogen-bond donors (Lipinski definition) is 2. The van der Waals surface area contributed by atoms with E-state index in [9.17, 15) is 9.90 Å². The number of benzene rings is 3. The van der Waals surface area contributed by atoms with Gasteiger partial charge in [0.05, 0.1) is 17.3 Å². The average molecular weight is 396 g/mol. The van der Waals surface area contributed by atoms with Crippen molar-refractivity contribution in [3.63, 3.8) is 0 Å². The Morgan fingerprint density at radius 3 is 2.57 bits per heavy atom. The van der Waals surface area contributed by atoms with Crippen molar-refractivity contribution in [2.75, 3.05) is 5.32 Å². The van der Waals surface area contributed by atoms with Gasteiger partial charge in [-0.2, -0.15) is 0 Å². The molecule has 7 rings (SSSR count). The number of para-hydroxylation sites is 1. The van der Waals surface area contributed by atoms with Gasteiger partial charge in [0.1, 0.15) is 0 Å². The number of carboxylic acids is 1. The second kappa shape index (κ2) is 5.87. The first-order chi connectivity index (χ1) is 14.7. The number of aryl methyl sites for hydroxylation is 2. The van der Waals surface area contributed by atoms with Crippen molar-refractivity contribution in [3.05, 3.63) is 76.3 Å². The maximum absolute atomic E-state index is 12.0. The lowest BCUT2D eigenvalue weighted by Gasteiger charge is -2.44. The van der Waals surface area contributed by atoms with Crippen LogP contribution in [0.2, 0.25) is 0 Å². The van der Waals surface area contributed by atoms with E-state index < -0.39 is 5.97 Å². The summed E-state index contributed by atoms with van der Waals surface area (Å²) in [6.45, 7) is 0. The zero-order valence-electron chi connectivity index (χ0n) is 16.9. The quantitative estimate of drug-likeness (QED) is 0.565. The molecule has 1 aliphatic heterocycles. The van der Waals surface area contributed by atoms with Crippen molar-refractivity contribution in [1.29, 1.82) is 0 Å². The van der Waals surface area contributed by atoms with Gasteiger partial charge in [0.15, 0.2) is 0 Å². The molecule has 5 atom stereocenters. The van der Waals surface area contributed by atoms with Gasteiger partial charge in [-0.1, -0.05) is 42.5 Å². The molecule has 3 aliphatic carbocycles. The van der Waals surface area contributed by atoms with Crippen LogP contribution in [0.4, 0.5) is 5.69 Å². The highest BCUT2D eigenvalue weighted by Gasteiger charge is 2.54. The fourth-order valence-electron chi connectivity index (χ4n) is 7.54. The van der Waals surface area contributed by atoms with Crippen LogP contribution in [0.3, 0.4) is 0 Å². The van der Waals surface area contributed by atoms with Gasteiger partial charge >= 0.3 is 5.97 Å². The summed E-state index contributed by atoms with van der Waals surface area (Å²) in [6, 6.07) is 17.5. The molecular weight excluding hydrogens is 370 g/mol. The minimum Gasteiger partial charge on any atom is -0.478 e. The molecule has 2 fully saturated rings. The molecule has 4 aliphatic rings. The van der Waals surface area contributed by atoms with E-state index in [2.05, 4.69) is 41.7 Å². The second-order valence-corrected chi connectivity index (χ2v) is 9.79. The molecule has 0 unspecified atom stereocenters. The van der Waals surface area contributed by atoms with Crippen LogP contribution in [0.25, 0.3) is 10.8 Å². The number of aromatic carboxylic acids is 1. The van der Waals surface area contributed by atoms with Gasteiger partial charge in [-0.15, -0.1) is 0 Å². The van der Waals surface area contributed by atoms with Crippen molar-refractivity contribution in [2.45, 2.75) is 44.1 Å². The van der Waals surface area contributed by atoms with E-state index in [-0.39, 0.29) is 6.04 Å². The molecule has 150 valence electrons. The largest absolute Gasteiger partial charge is 0.478 e. The number of carboxylic acid groups (broad SMARTS) is 1. The van der Waals surface area contributed by atoms with E-state index in [4.69, 9.17) is 0 Å². The number of nitrogens with one attached hydrogen (secondary N) is 1. The van der Waals surface area contributed by atoms with Crippen molar-refractivity contribution in [1.82, 2.24) is 0 Å². The molecule has 3 nitrogen and oxygen atoms in total. The smallest absolute Gasteiger partial charge is 0.337 e. The molecule has 0 amide bonds. The highest BCUT2D eigenvalue weighted by molar-refractivity contribution is 5.97. The zero-order valence-corrected chi connectivity index (χ0v) is 16.9. The first kappa shape index (κ1) is 16.9. The average Bonchev–Trinajstić information content (AvgIpc) is 3.49. The molecule has 0 spiro atoms. The topological polar surface area (TPSA) is 49.3 Å².